The van der Waals surface area contributed by atoms with E-state index < -0.39 is 22.5 Å². The van der Waals surface area contributed by atoms with Crippen LogP contribution < -0.4 is 9.73 Å². The molecule has 0 atom stereocenters. The van der Waals surface area contributed by atoms with Crippen LogP contribution in [0.1, 0.15) is 10.4 Å². The van der Waals surface area contributed by atoms with Crippen LogP contribution in [0.15, 0.2) is 76.2 Å². The molecule has 1 N–H and O–H groups in total. The van der Waals surface area contributed by atoms with Gasteiger partial charge in [0.2, 0.25) is 0 Å². The molecule has 0 aliphatic carbocycles. The normalized spacial score (nSPS) is 11.5. The number of carbonyl (C=O) groups is 1. The van der Waals surface area contributed by atoms with Crippen molar-refractivity contribution in [1.82, 2.24) is 10.4 Å². The molecule has 1 amide bonds. The Balaban J connectivity index is 1.81. The second-order valence-corrected chi connectivity index (χ2v) is 8.58. The number of sulfonamides is 1. The Labute approximate surface area is 167 Å². The van der Waals surface area contributed by atoms with Crippen LogP contribution in [0.25, 0.3) is 0 Å². The summed E-state index contributed by atoms with van der Waals surface area (Å²) in [6, 6.07) is 14.7. The van der Waals surface area contributed by atoms with Crippen LogP contribution in [0.4, 0.5) is 5.82 Å². The molecule has 0 saturated heterocycles. The number of benzene rings is 1. The zero-order valence-corrected chi connectivity index (χ0v) is 16.7. The third kappa shape index (κ3) is 4.62. The smallest absolute Gasteiger partial charge is 0.265 e. The highest BCUT2D eigenvalue weighted by atomic mass is 32.2. The number of aromatic nitrogens is 1. The van der Waals surface area contributed by atoms with Gasteiger partial charge in [0.15, 0.2) is 0 Å². The Morgan fingerprint density at radius 3 is 2.57 bits per heavy atom. The Hall–Kier alpha value is -3.04. The van der Waals surface area contributed by atoms with Crippen LogP contribution in [0.2, 0.25) is 0 Å². The first-order valence-corrected chi connectivity index (χ1v) is 10.7. The first-order chi connectivity index (χ1) is 13.5. The summed E-state index contributed by atoms with van der Waals surface area (Å²) in [5, 5.41) is 5.84. The predicted molar refractivity (Wildman–Crippen MR) is 110 cm³/mol. The van der Waals surface area contributed by atoms with Gasteiger partial charge in [0.05, 0.1) is 11.1 Å². The largest absolute Gasteiger partial charge is 0.271 e. The number of hydrogen-bond donors (Lipinski definition) is 1. The van der Waals surface area contributed by atoms with E-state index in [2.05, 4.69) is 15.5 Å². The molecule has 9 heteroatoms. The van der Waals surface area contributed by atoms with Crippen LogP contribution in [0.3, 0.4) is 0 Å². The molecule has 7 nitrogen and oxygen atoms in total. The molecule has 0 saturated carbocycles. The summed E-state index contributed by atoms with van der Waals surface area (Å²) in [7, 11) is -3.96. The highest BCUT2D eigenvalue weighted by Gasteiger charge is 2.27. The average molecular weight is 415 g/mol. The van der Waals surface area contributed by atoms with E-state index in [1.807, 2.05) is 18.4 Å². The van der Waals surface area contributed by atoms with E-state index >= 15 is 0 Å². The number of nitrogens with zero attached hydrogens (tertiary/aromatic N) is 3. The van der Waals surface area contributed by atoms with Crippen molar-refractivity contribution in [1.29, 1.82) is 0 Å². The van der Waals surface area contributed by atoms with E-state index in [0.717, 1.165) is 14.7 Å². The van der Waals surface area contributed by atoms with Gasteiger partial charge in [-0.3, -0.25) is 4.79 Å². The number of carbonyl (C=O) groups excluding carboxylic acids is 1. The van der Waals surface area contributed by atoms with Gasteiger partial charge in [0.1, 0.15) is 12.4 Å². The summed E-state index contributed by atoms with van der Waals surface area (Å²) in [4.78, 5) is 17.4. The lowest BCUT2D eigenvalue weighted by atomic mass is 10.3. The minimum Gasteiger partial charge on any atom is -0.271 e. The highest BCUT2D eigenvalue weighted by Crippen LogP contribution is 2.21. The van der Waals surface area contributed by atoms with Gasteiger partial charge in [-0.05, 0) is 48.2 Å². The first-order valence-electron chi connectivity index (χ1n) is 8.33. The summed E-state index contributed by atoms with van der Waals surface area (Å²) in [5.74, 6) is -0.421. The van der Waals surface area contributed by atoms with Crippen molar-refractivity contribution < 1.29 is 13.2 Å². The fourth-order valence-corrected chi connectivity index (χ4v) is 4.54. The summed E-state index contributed by atoms with van der Waals surface area (Å²) in [6.45, 7) is 1.49. The maximum Gasteiger partial charge on any atom is 0.265 e. The molecule has 28 heavy (non-hydrogen) atoms. The van der Waals surface area contributed by atoms with Crippen LogP contribution in [0.5, 0.6) is 0 Å². The Morgan fingerprint density at radius 2 is 1.93 bits per heavy atom. The Kier molecular flexibility index (Phi) is 6.17. The molecule has 3 rings (SSSR count). The summed E-state index contributed by atoms with van der Waals surface area (Å²) in [5.41, 5.74) is 3.42. The highest BCUT2D eigenvalue weighted by molar-refractivity contribution is 7.92. The van der Waals surface area contributed by atoms with Gasteiger partial charge in [0.25, 0.3) is 15.9 Å². The van der Waals surface area contributed by atoms with Gasteiger partial charge in [-0.15, -0.1) is 11.3 Å². The molecule has 0 bridgehead atoms. The first kappa shape index (κ1) is 19.7. The number of amides is 1. The van der Waals surface area contributed by atoms with E-state index in [4.69, 9.17) is 0 Å². The Morgan fingerprint density at radius 1 is 1.18 bits per heavy atom. The van der Waals surface area contributed by atoms with E-state index in [-0.39, 0.29) is 10.7 Å². The lowest BCUT2D eigenvalue weighted by Gasteiger charge is -2.22. The molecule has 0 fully saturated rings. The van der Waals surface area contributed by atoms with Crippen LogP contribution >= 0.6 is 11.3 Å². The van der Waals surface area contributed by atoms with Gasteiger partial charge in [-0.1, -0.05) is 24.3 Å². The van der Waals surface area contributed by atoms with Crippen molar-refractivity contribution in [2.45, 2.75) is 11.8 Å². The molecule has 2 heterocycles. The van der Waals surface area contributed by atoms with Crippen LogP contribution in [-0.4, -0.2) is 32.1 Å². The number of aryl methyl sites for hydroxylation is 1. The van der Waals surface area contributed by atoms with Crippen molar-refractivity contribution in [3.05, 3.63) is 76.6 Å². The molecule has 144 valence electrons. The number of nitrogens with one attached hydrogen (secondary N) is 1. The van der Waals surface area contributed by atoms with E-state index in [0.29, 0.717) is 0 Å². The molecule has 0 aliphatic rings. The molecule has 3 aromatic rings. The third-order valence-electron chi connectivity index (χ3n) is 3.80. The van der Waals surface area contributed by atoms with Crippen molar-refractivity contribution in [2.24, 2.45) is 5.10 Å². The van der Waals surface area contributed by atoms with E-state index in [1.165, 1.54) is 41.9 Å². The number of pyridine rings is 1. The second-order valence-electron chi connectivity index (χ2n) is 5.77. The summed E-state index contributed by atoms with van der Waals surface area (Å²) >= 11 is 1.50. The molecule has 0 unspecified atom stereocenters. The van der Waals surface area contributed by atoms with Crippen molar-refractivity contribution >= 4 is 39.3 Å². The Bertz CT molecular complexity index is 1060. The maximum absolute atomic E-state index is 13.0. The van der Waals surface area contributed by atoms with Gasteiger partial charge < -0.3 is 0 Å². The number of hydrazone groups is 1. The summed E-state index contributed by atoms with van der Waals surface area (Å²) in [6.07, 6.45) is 3.01. The lowest BCUT2D eigenvalue weighted by molar-refractivity contribution is -0.119. The summed E-state index contributed by atoms with van der Waals surface area (Å²) < 4.78 is 27.0. The zero-order valence-electron chi connectivity index (χ0n) is 15.0. The fraction of sp³-hybridized carbons (Fsp3) is 0.105. The van der Waals surface area contributed by atoms with E-state index in [1.54, 1.807) is 30.3 Å². The van der Waals surface area contributed by atoms with Gasteiger partial charge >= 0.3 is 0 Å². The number of rotatable bonds is 7. The van der Waals surface area contributed by atoms with Gasteiger partial charge in [-0.25, -0.2) is 23.1 Å². The van der Waals surface area contributed by atoms with Gasteiger partial charge in [0, 0.05) is 11.1 Å². The zero-order chi connectivity index (χ0) is 20.0. The maximum atomic E-state index is 13.0. The molecular weight excluding hydrogens is 396 g/mol. The number of hydrogen-bond acceptors (Lipinski definition) is 6. The quantitative estimate of drug-likeness (QED) is 0.475. The number of anilines is 1. The molecule has 0 aliphatic heterocycles. The van der Waals surface area contributed by atoms with Gasteiger partial charge in [-0.2, -0.15) is 5.10 Å². The van der Waals surface area contributed by atoms with Crippen molar-refractivity contribution in [3.63, 3.8) is 0 Å². The van der Waals surface area contributed by atoms with Crippen molar-refractivity contribution in [2.75, 3.05) is 10.8 Å². The van der Waals surface area contributed by atoms with Crippen molar-refractivity contribution in [3.8, 4) is 0 Å². The SMILES string of the molecule is Cc1ccsc1/C=N/NC(=O)CN(c1ccccn1)S(=O)(=O)c1ccccc1. The molecular formula is C19H18N4O3S2. The van der Waals surface area contributed by atoms with Crippen LogP contribution in [-0.2, 0) is 14.8 Å². The predicted octanol–water partition coefficient (Wildman–Crippen LogP) is 2.80. The molecule has 1 aromatic carbocycles. The average Bonchev–Trinajstić information content (AvgIpc) is 3.12. The molecule has 2 aromatic heterocycles. The second kappa shape index (κ2) is 8.77. The topological polar surface area (TPSA) is 91.7 Å². The van der Waals surface area contributed by atoms with Crippen LogP contribution in [0, 0.1) is 6.92 Å². The minimum atomic E-state index is -3.96. The molecule has 0 spiro atoms. The molecule has 0 radical (unpaired) electrons. The minimum absolute atomic E-state index is 0.0752. The monoisotopic (exact) mass is 414 g/mol. The fourth-order valence-electron chi connectivity index (χ4n) is 2.36. The lowest BCUT2D eigenvalue weighted by Crippen LogP contribution is -2.40. The van der Waals surface area contributed by atoms with E-state index in [9.17, 15) is 13.2 Å². The number of thiophene rings is 1. The standard InChI is InChI=1S/C19H18N4O3S2/c1-15-10-12-27-17(15)13-21-22-19(24)14-23(18-9-5-6-11-20-18)28(25,26)16-7-3-2-4-8-16/h2-13H,14H2,1H3,(H,22,24)/b21-13+. The third-order valence-corrected chi connectivity index (χ3v) is 6.51.